The SMILES string of the molecule is C[C@H]1C(=O)N(C(C(O)CC=O)N2CCC3(CC3)[C@H](O)C2)CCN1C(=O)Nc1ccc(OC(F)(F)F)c(Cl)c1. The monoisotopic (exact) mass is 562 g/mol. The lowest BCUT2D eigenvalue weighted by atomic mass is 9.89. The molecule has 1 spiro atoms. The zero-order valence-electron chi connectivity index (χ0n) is 20.7. The van der Waals surface area contributed by atoms with E-state index < -0.39 is 48.5 Å². The van der Waals surface area contributed by atoms with Crippen LogP contribution in [-0.2, 0) is 9.59 Å². The maximum atomic E-state index is 13.4. The maximum absolute atomic E-state index is 13.4. The number of alkyl halides is 3. The number of ether oxygens (including phenoxy) is 1. The molecule has 210 valence electrons. The summed E-state index contributed by atoms with van der Waals surface area (Å²) in [6.45, 7) is 2.49. The molecule has 2 aliphatic heterocycles. The Hall–Kier alpha value is -2.61. The van der Waals surface area contributed by atoms with Crippen LogP contribution in [0.4, 0.5) is 23.7 Å². The Kier molecular flexibility index (Phi) is 8.12. The van der Waals surface area contributed by atoms with Crippen molar-refractivity contribution in [3.05, 3.63) is 23.2 Å². The van der Waals surface area contributed by atoms with E-state index in [4.69, 9.17) is 11.6 Å². The van der Waals surface area contributed by atoms with Gasteiger partial charge in [0.25, 0.3) is 0 Å². The molecule has 38 heavy (non-hydrogen) atoms. The number of benzene rings is 1. The number of piperidine rings is 1. The van der Waals surface area contributed by atoms with Crippen molar-refractivity contribution < 1.29 is 42.5 Å². The van der Waals surface area contributed by atoms with Gasteiger partial charge >= 0.3 is 12.4 Å². The molecule has 3 amide bonds. The summed E-state index contributed by atoms with van der Waals surface area (Å²) in [5.41, 5.74) is 0.0113. The average molecular weight is 563 g/mol. The summed E-state index contributed by atoms with van der Waals surface area (Å²) in [7, 11) is 0. The van der Waals surface area contributed by atoms with Gasteiger partial charge in [0.15, 0.2) is 0 Å². The van der Waals surface area contributed by atoms with Crippen LogP contribution in [0.25, 0.3) is 0 Å². The number of aliphatic hydroxyl groups excluding tert-OH is 2. The second kappa shape index (κ2) is 10.9. The summed E-state index contributed by atoms with van der Waals surface area (Å²) in [5, 5.41) is 23.6. The third kappa shape index (κ3) is 6.00. The number of carbonyl (C=O) groups is 3. The summed E-state index contributed by atoms with van der Waals surface area (Å²) in [6.07, 6.45) is -4.55. The maximum Gasteiger partial charge on any atom is 0.573 e. The lowest BCUT2D eigenvalue weighted by molar-refractivity contribution is -0.274. The van der Waals surface area contributed by atoms with Crippen LogP contribution in [0.3, 0.4) is 0 Å². The van der Waals surface area contributed by atoms with Gasteiger partial charge in [-0.25, -0.2) is 4.79 Å². The van der Waals surface area contributed by atoms with E-state index in [0.717, 1.165) is 31.4 Å². The van der Waals surface area contributed by atoms with Gasteiger partial charge in [0.1, 0.15) is 24.2 Å². The topological polar surface area (TPSA) is 123 Å². The molecule has 10 nitrogen and oxygen atoms in total. The number of aliphatic hydroxyl groups is 2. The zero-order valence-corrected chi connectivity index (χ0v) is 21.4. The number of carbonyl (C=O) groups excluding carboxylic acids is 3. The molecule has 2 unspecified atom stereocenters. The van der Waals surface area contributed by atoms with Crippen molar-refractivity contribution in [1.82, 2.24) is 14.7 Å². The molecule has 0 radical (unpaired) electrons. The Bertz CT molecular complexity index is 1070. The van der Waals surface area contributed by atoms with Gasteiger partial charge in [0, 0.05) is 38.3 Å². The van der Waals surface area contributed by atoms with E-state index in [2.05, 4.69) is 10.1 Å². The number of nitrogens with zero attached hydrogens (tertiary/aromatic N) is 3. The highest BCUT2D eigenvalue weighted by atomic mass is 35.5. The molecule has 3 aliphatic rings. The molecule has 4 atom stereocenters. The molecule has 3 fully saturated rings. The number of halogens is 4. The van der Waals surface area contributed by atoms with Gasteiger partial charge in [-0.1, -0.05) is 11.6 Å². The van der Waals surface area contributed by atoms with Gasteiger partial charge in [-0.05, 0) is 49.8 Å². The second-order valence-corrected chi connectivity index (χ2v) is 10.4. The van der Waals surface area contributed by atoms with E-state index in [1.54, 1.807) is 0 Å². The van der Waals surface area contributed by atoms with Gasteiger partial charge in [-0.2, -0.15) is 0 Å². The first-order valence-electron chi connectivity index (χ1n) is 12.3. The Morgan fingerprint density at radius 3 is 2.58 bits per heavy atom. The van der Waals surface area contributed by atoms with E-state index in [-0.39, 0.29) is 42.2 Å². The van der Waals surface area contributed by atoms with Crippen LogP contribution in [0, 0.1) is 5.41 Å². The predicted octanol–water partition coefficient (Wildman–Crippen LogP) is 2.43. The van der Waals surface area contributed by atoms with Crippen molar-refractivity contribution in [2.75, 3.05) is 31.5 Å². The fraction of sp³-hybridized carbons (Fsp3) is 0.625. The minimum atomic E-state index is -4.92. The third-order valence-corrected chi connectivity index (χ3v) is 7.93. The van der Waals surface area contributed by atoms with Crippen molar-refractivity contribution in [2.24, 2.45) is 5.41 Å². The minimum Gasteiger partial charge on any atom is -0.404 e. The van der Waals surface area contributed by atoms with E-state index in [0.29, 0.717) is 12.8 Å². The van der Waals surface area contributed by atoms with Gasteiger partial charge in [-0.3, -0.25) is 9.69 Å². The molecule has 0 bridgehead atoms. The molecule has 1 aliphatic carbocycles. The van der Waals surface area contributed by atoms with Crippen LogP contribution in [0.2, 0.25) is 5.02 Å². The summed E-state index contributed by atoms with van der Waals surface area (Å²) in [6, 6.07) is 1.65. The van der Waals surface area contributed by atoms with Crippen LogP contribution in [0.15, 0.2) is 18.2 Å². The molecule has 1 aromatic carbocycles. The molecule has 4 rings (SSSR count). The fourth-order valence-electron chi connectivity index (χ4n) is 5.31. The Balaban J connectivity index is 1.44. The summed E-state index contributed by atoms with van der Waals surface area (Å²) < 4.78 is 41.2. The van der Waals surface area contributed by atoms with E-state index in [1.807, 2.05) is 4.90 Å². The first kappa shape index (κ1) is 28.4. The number of aldehydes is 1. The standard InChI is InChI=1S/C24H30ClF3N4O6/c1-14-21(36)32(20(17(34)4-11-33)30-8-7-23(5-6-23)19(35)13-30)10-9-31(14)22(37)29-15-2-3-18(16(25)12-15)38-24(26,27)28/h2-3,11-12,14,17,19-20,34-35H,4-10,13H2,1H3,(H,29,37)/t14-,17?,19+,20?/m0/s1. The van der Waals surface area contributed by atoms with Crippen molar-refractivity contribution in [3.63, 3.8) is 0 Å². The van der Waals surface area contributed by atoms with Crippen LogP contribution in [-0.4, -0.2) is 100 Å². The van der Waals surface area contributed by atoms with Crippen LogP contribution >= 0.6 is 11.6 Å². The van der Waals surface area contributed by atoms with Gasteiger partial charge in [-0.15, -0.1) is 13.2 Å². The van der Waals surface area contributed by atoms with Crippen molar-refractivity contribution >= 4 is 35.5 Å². The molecular weight excluding hydrogens is 533 g/mol. The molecule has 2 saturated heterocycles. The largest absolute Gasteiger partial charge is 0.573 e. The van der Waals surface area contributed by atoms with Gasteiger partial charge in [0.2, 0.25) is 5.91 Å². The second-order valence-electron chi connectivity index (χ2n) is 10.0. The number of piperazine rings is 1. The predicted molar refractivity (Wildman–Crippen MR) is 129 cm³/mol. The number of urea groups is 1. The number of nitrogens with one attached hydrogen (secondary N) is 1. The van der Waals surface area contributed by atoms with E-state index in [1.165, 1.54) is 22.8 Å². The lowest BCUT2D eigenvalue weighted by Crippen LogP contribution is -2.67. The first-order chi connectivity index (χ1) is 17.8. The van der Waals surface area contributed by atoms with E-state index >= 15 is 0 Å². The fourth-order valence-corrected chi connectivity index (χ4v) is 5.53. The van der Waals surface area contributed by atoms with Crippen molar-refractivity contribution in [3.8, 4) is 5.75 Å². The van der Waals surface area contributed by atoms with Crippen LogP contribution < -0.4 is 10.1 Å². The summed E-state index contributed by atoms with van der Waals surface area (Å²) >= 11 is 5.85. The van der Waals surface area contributed by atoms with Crippen LogP contribution in [0.5, 0.6) is 5.75 Å². The molecule has 1 aromatic rings. The van der Waals surface area contributed by atoms with Crippen LogP contribution in [0.1, 0.15) is 32.6 Å². The smallest absolute Gasteiger partial charge is 0.404 e. The molecule has 1 saturated carbocycles. The number of anilines is 1. The number of hydrogen-bond acceptors (Lipinski definition) is 7. The molecule has 2 heterocycles. The highest BCUT2D eigenvalue weighted by Crippen LogP contribution is 2.54. The Labute approximate surface area is 222 Å². The van der Waals surface area contributed by atoms with Crippen molar-refractivity contribution in [2.45, 2.75) is 63.4 Å². The lowest BCUT2D eigenvalue weighted by Gasteiger charge is -2.49. The average Bonchev–Trinajstić information content (AvgIpc) is 3.61. The van der Waals surface area contributed by atoms with Gasteiger partial charge < -0.3 is 34.9 Å². The highest BCUT2D eigenvalue weighted by molar-refractivity contribution is 6.32. The number of rotatable bonds is 7. The Morgan fingerprint density at radius 2 is 2.00 bits per heavy atom. The number of hydrogen-bond donors (Lipinski definition) is 3. The number of amides is 3. The summed E-state index contributed by atoms with van der Waals surface area (Å²) in [4.78, 5) is 42.1. The number of β-amino-alcohol motifs (C(OH)–C–C–N with tert-alkyl or cyclic N) is 1. The third-order valence-electron chi connectivity index (χ3n) is 7.64. The normalized spacial score (nSPS) is 25.2. The molecule has 0 aromatic heterocycles. The zero-order chi connectivity index (χ0) is 27.8. The quantitative estimate of drug-likeness (QED) is 0.436. The molecular formula is C24H30ClF3N4O6. The molecule has 3 N–H and O–H groups in total. The summed E-state index contributed by atoms with van der Waals surface area (Å²) in [5.74, 6) is -1.07. The molecule has 14 heteroatoms. The minimum absolute atomic E-state index is 0.0635. The Morgan fingerprint density at radius 1 is 1.29 bits per heavy atom. The number of likely N-dealkylation sites (tertiary alicyclic amines) is 1. The van der Waals surface area contributed by atoms with Gasteiger partial charge in [0.05, 0.1) is 17.2 Å². The first-order valence-corrected chi connectivity index (χ1v) is 12.7. The van der Waals surface area contributed by atoms with E-state index in [9.17, 15) is 37.8 Å². The highest BCUT2D eigenvalue weighted by Gasteiger charge is 2.53. The van der Waals surface area contributed by atoms with Crippen molar-refractivity contribution in [1.29, 1.82) is 0 Å².